The van der Waals surface area contributed by atoms with Crippen LogP contribution in [0.15, 0.2) is 24.4 Å². The summed E-state index contributed by atoms with van der Waals surface area (Å²) in [4.78, 5) is 13.6. The standard InChI is InChI=1S/C9H8N2O2/c10-6-3-5-1-2-11-8(5)7(4-6)9(12)13/h1-4,11H,10H2,(H,12,13). The number of carbonyl (C=O) groups is 1. The third kappa shape index (κ3) is 1.12. The number of aromatic nitrogens is 1. The van der Waals surface area contributed by atoms with Crippen molar-refractivity contribution in [2.75, 3.05) is 5.73 Å². The van der Waals surface area contributed by atoms with Crippen LogP contribution in [-0.4, -0.2) is 16.1 Å². The monoisotopic (exact) mass is 176 g/mol. The number of aromatic amines is 1. The van der Waals surface area contributed by atoms with Crippen LogP contribution in [0.4, 0.5) is 5.69 Å². The summed E-state index contributed by atoms with van der Waals surface area (Å²) in [5.74, 6) is -0.972. The predicted molar refractivity (Wildman–Crippen MR) is 49.7 cm³/mol. The zero-order chi connectivity index (χ0) is 9.42. The van der Waals surface area contributed by atoms with E-state index in [1.807, 2.05) is 0 Å². The maximum absolute atomic E-state index is 10.8. The summed E-state index contributed by atoms with van der Waals surface area (Å²) in [6.45, 7) is 0. The molecule has 0 spiro atoms. The van der Waals surface area contributed by atoms with E-state index in [2.05, 4.69) is 4.98 Å². The van der Waals surface area contributed by atoms with Crippen LogP contribution in [0.5, 0.6) is 0 Å². The van der Waals surface area contributed by atoms with Crippen molar-refractivity contribution in [1.82, 2.24) is 4.98 Å². The van der Waals surface area contributed by atoms with Gasteiger partial charge in [0.05, 0.1) is 11.1 Å². The summed E-state index contributed by atoms with van der Waals surface area (Å²) in [5.41, 5.74) is 6.83. The van der Waals surface area contributed by atoms with E-state index >= 15 is 0 Å². The molecule has 2 rings (SSSR count). The molecule has 0 bridgehead atoms. The fourth-order valence-corrected chi connectivity index (χ4v) is 1.36. The molecule has 1 aromatic carbocycles. The van der Waals surface area contributed by atoms with Gasteiger partial charge in [0, 0.05) is 17.3 Å². The first-order valence-electron chi connectivity index (χ1n) is 3.78. The summed E-state index contributed by atoms with van der Waals surface area (Å²) in [6, 6.07) is 4.97. The molecule has 66 valence electrons. The molecule has 0 fully saturated rings. The Hall–Kier alpha value is -1.97. The molecule has 0 atom stereocenters. The van der Waals surface area contributed by atoms with Gasteiger partial charge in [0.15, 0.2) is 0 Å². The van der Waals surface area contributed by atoms with Crippen molar-refractivity contribution in [1.29, 1.82) is 0 Å². The van der Waals surface area contributed by atoms with E-state index in [1.165, 1.54) is 6.07 Å². The highest BCUT2D eigenvalue weighted by Crippen LogP contribution is 2.20. The molecule has 1 heterocycles. The van der Waals surface area contributed by atoms with Crippen LogP contribution >= 0.6 is 0 Å². The van der Waals surface area contributed by atoms with Gasteiger partial charge in [-0.15, -0.1) is 0 Å². The van der Waals surface area contributed by atoms with Gasteiger partial charge < -0.3 is 15.8 Å². The molecule has 0 aliphatic rings. The van der Waals surface area contributed by atoms with E-state index in [0.29, 0.717) is 11.2 Å². The summed E-state index contributed by atoms with van der Waals surface area (Å²) < 4.78 is 0. The fraction of sp³-hybridized carbons (Fsp3) is 0. The van der Waals surface area contributed by atoms with Crippen molar-refractivity contribution in [2.45, 2.75) is 0 Å². The highest BCUT2D eigenvalue weighted by atomic mass is 16.4. The van der Waals surface area contributed by atoms with Gasteiger partial charge in [0.25, 0.3) is 0 Å². The van der Waals surface area contributed by atoms with Gasteiger partial charge in [-0.2, -0.15) is 0 Å². The summed E-state index contributed by atoms with van der Waals surface area (Å²) in [7, 11) is 0. The molecule has 0 saturated heterocycles. The number of anilines is 1. The molecular weight excluding hydrogens is 168 g/mol. The molecule has 4 nitrogen and oxygen atoms in total. The van der Waals surface area contributed by atoms with Gasteiger partial charge in [-0.1, -0.05) is 0 Å². The number of fused-ring (bicyclic) bond motifs is 1. The average Bonchev–Trinajstić information content (AvgIpc) is 2.49. The molecule has 13 heavy (non-hydrogen) atoms. The molecule has 4 heteroatoms. The van der Waals surface area contributed by atoms with Gasteiger partial charge in [-0.25, -0.2) is 4.79 Å². The molecule has 0 unspecified atom stereocenters. The smallest absolute Gasteiger partial charge is 0.337 e. The topological polar surface area (TPSA) is 79.1 Å². The number of nitrogens with two attached hydrogens (primary N) is 1. The highest BCUT2D eigenvalue weighted by Gasteiger charge is 2.09. The van der Waals surface area contributed by atoms with E-state index in [0.717, 1.165) is 5.39 Å². The Morgan fingerprint density at radius 2 is 2.23 bits per heavy atom. The van der Waals surface area contributed by atoms with Crippen LogP contribution in [0, 0.1) is 0 Å². The number of carboxylic acids is 1. The molecule has 0 amide bonds. The zero-order valence-corrected chi connectivity index (χ0v) is 6.74. The third-order valence-electron chi connectivity index (χ3n) is 1.91. The van der Waals surface area contributed by atoms with Crippen LogP contribution in [0.3, 0.4) is 0 Å². The van der Waals surface area contributed by atoms with E-state index in [-0.39, 0.29) is 5.56 Å². The molecule has 0 radical (unpaired) electrons. The second kappa shape index (κ2) is 2.52. The molecule has 4 N–H and O–H groups in total. The Bertz CT molecular complexity index is 473. The van der Waals surface area contributed by atoms with Crippen molar-refractivity contribution in [3.63, 3.8) is 0 Å². The van der Waals surface area contributed by atoms with Gasteiger partial charge in [0.1, 0.15) is 0 Å². The first-order valence-corrected chi connectivity index (χ1v) is 3.78. The Kier molecular flexibility index (Phi) is 1.48. The van der Waals surface area contributed by atoms with Crippen LogP contribution in [0.25, 0.3) is 10.9 Å². The molecular formula is C9H8N2O2. The van der Waals surface area contributed by atoms with Crippen molar-refractivity contribution in [3.8, 4) is 0 Å². The highest BCUT2D eigenvalue weighted by molar-refractivity contribution is 6.03. The molecule has 0 aliphatic carbocycles. The minimum absolute atomic E-state index is 0.208. The van der Waals surface area contributed by atoms with Gasteiger partial charge in [0.2, 0.25) is 0 Å². The van der Waals surface area contributed by atoms with E-state index < -0.39 is 5.97 Å². The Labute approximate surface area is 74.0 Å². The van der Waals surface area contributed by atoms with Gasteiger partial charge in [-0.05, 0) is 18.2 Å². The second-order valence-corrected chi connectivity index (χ2v) is 2.82. The van der Waals surface area contributed by atoms with Crippen molar-refractivity contribution in [3.05, 3.63) is 30.0 Å². The Balaban J connectivity index is 2.84. The number of carboxylic acid groups (broad SMARTS) is 1. The van der Waals surface area contributed by atoms with Gasteiger partial charge in [-0.3, -0.25) is 0 Å². The SMILES string of the molecule is Nc1cc(C(=O)O)c2[nH]ccc2c1. The number of nitrogen functional groups attached to an aromatic ring is 1. The Morgan fingerprint density at radius 3 is 2.92 bits per heavy atom. The molecule has 0 aliphatic heterocycles. The Morgan fingerprint density at radius 1 is 1.46 bits per heavy atom. The predicted octanol–water partition coefficient (Wildman–Crippen LogP) is 1.45. The summed E-state index contributed by atoms with van der Waals surface area (Å²) in [5, 5.41) is 9.67. The van der Waals surface area contributed by atoms with Crippen molar-refractivity contribution < 1.29 is 9.90 Å². The first-order chi connectivity index (χ1) is 6.18. The summed E-state index contributed by atoms with van der Waals surface area (Å²) in [6.07, 6.45) is 1.69. The lowest BCUT2D eigenvalue weighted by atomic mass is 10.1. The maximum atomic E-state index is 10.8. The lowest BCUT2D eigenvalue weighted by molar-refractivity contribution is 0.0699. The number of H-pyrrole nitrogens is 1. The minimum Gasteiger partial charge on any atom is -0.478 e. The number of aromatic carboxylic acids is 1. The van der Waals surface area contributed by atoms with Gasteiger partial charge >= 0.3 is 5.97 Å². The number of hydrogen-bond donors (Lipinski definition) is 3. The van der Waals surface area contributed by atoms with Crippen LogP contribution in [0.2, 0.25) is 0 Å². The minimum atomic E-state index is -0.972. The van der Waals surface area contributed by atoms with E-state index in [1.54, 1.807) is 18.3 Å². The number of benzene rings is 1. The second-order valence-electron chi connectivity index (χ2n) is 2.82. The fourth-order valence-electron chi connectivity index (χ4n) is 1.36. The average molecular weight is 176 g/mol. The lowest BCUT2D eigenvalue weighted by Crippen LogP contribution is -1.99. The lowest BCUT2D eigenvalue weighted by Gasteiger charge is -1.99. The summed E-state index contributed by atoms with van der Waals surface area (Å²) >= 11 is 0. The molecule has 0 saturated carbocycles. The van der Waals surface area contributed by atoms with Crippen molar-refractivity contribution >= 4 is 22.6 Å². The number of nitrogens with one attached hydrogen (secondary N) is 1. The zero-order valence-electron chi connectivity index (χ0n) is 6.74. The van der Waals surface area contributed by atoms with Crippen LogP contribution in [-0.2, 0) is 0 Å². The van der Waals surface area contributed by atoms with Crippen molar-refractivity contribution in [2.24, 2.45) is 0 Å². The quantitative estimate of drug-likeness (QED) is 0.575. The maximum Gasteiger partial charge on any atom is 0.337 e. The number of hydrogen-bond acceptors (Lipinski definition) is 2. The largest absolute Gasteiger partial charge is 0.478 e. The van der Waals surface area contributed by atoms with Crippen LogP contribution < -0.4 is 5.73 Å². The third-order valence-corrected chi connectivity index (χ3v) is 1.91. The first kappa shape index (κ1) is 7.67. The van der Waals surface area contributed by atoms with E-state index in [4.69, 9.17) is 10.8 Å². The molecule has 1 aromatic heterocycles. The van der Waals surface area contributed by atoms with Crippen LogP contribution in [0.1, 0.15) is 10.4 Å². The number of rotatable bonds is 1. The van der Waals surface area contributed by atoms with E-state index in [9.17, 15) is 4.79 Å². The normalized spacial score (nSPS) is 10.5. The molecule has 2 aromatic rings.